The molecular formula is C18H20F3N5O3+2. The maximum absolute atomic E-state index is 12.6. The molecule has 1 aliphatic rings. The largest absolute Gasteiger partial charge is 0.419 e. The van der Waals surface area contributed by atoms with Crippen LogP contribution in [0.1, 0.15) is 5.56 Å². The van der Waals surface area contributed by atoms with Gasteiger partial charge >= 0.3 is 6.18 Å². The fourth-order valence-electron chi connectivity index (χ4n) is 3.19. The number of hydrogen-bond acceptors (Lipinski definition) is 4. The van der Waals surface area contributed by atoms with E-state index < -0.39 is 16.7 Å². The molecule has 0 bridgehead atoms. The number of aromatic nitrogens is 1. The quantitative estimate of drug-likeness (QED) is 0.562. The second kappa shape index (κ2) is 8.43. The molecule has 0 unspecified atom stereocenters. The summed E-state index contributed by atoms with van der Waals surface area (Å²) in [6.07, 6.45) is -3.45. The van der Waals surface area contributed by atoms with Gasteiger partial charge in [-0.1, -0.05) is 12.1 Å². The first-order valence-electron chi connectivity index (χ1n) is 8.95. The Kier molecular flexibility index (Phi) is 5.97. The highest BCUT2D eigenvalue weighted by molar-refractivity contribution is 5.93. The van der Waals surface area contributed by atoms with Crippen molar-refractivity contribution in [2.75, 3.05) is 42.9 Å². The number of nitro benzene ring substituents is 1. The lowest BCUT2D eigenvalue weighted by Crippen LogP contribution is -3.15. The first-order chi connectivity index (χ1) is 13.7. The van der Waals surface area contributed by atoms with Crippen LogP contribution in [-0.2, 0) is 11.0 Å². The highest BCUT2D eigenvalue weighted by Gasteiger charge is 2.33. The van der Waals surface area contributed by atoms with E-state index >= 15 is 0 Å². The number of nitrogens with zero attached hydrogens (tertiary/aromatic N) is 2. The number of quaternary nitrogens is 1. The summed E-state index contributed by atoms with van der Waals surface area (Å²) in [6.45, 7) is 2.50. The van der Waals surface area contributed by atoms with Crippen molar-refractivity contribution in [3.05, 3.63) is 58.3 Å². The monoisotopic (exact) mass is 411 g/mol. The van der Waals surface area contributed by atoms with Gasteiger partial charge in [0.15, 0.2) is 6.54 Å². The van der Waals surface area contributed by atoms with Crippen LogP contribution < -0.4 is 20.1 Å². The second-order valence-electron chi connectivity index (χ2n) is 6.70. The SMILES string of the molecule is O=C(C[NH+]1CCN(c2ccc(C(F)(F)F)c[nH+]2)CC1)Nc1ccccc1[N+](=O)[O-]. The van der Waals surface area contributed by atoms with Crippen LogP contribution in [0.15, 0.2) is 42.6 Å². The lowest BCUT2D eigenvalue weighted by molar-refractivity contribution is -0.892. The number of alkyl halides is 3. The van der Waals surface area contributed by atoms with Gasteiger partial charge in [-0.15, -0.1) is 0 Å². The lowest BCUT2D eigenvalue weighted by atomic mass is 10.2. The van der Waals surface area contributed by atoms with Gasteiger partial charge in [0.25, 0.3) is 17.4 Å². The molecule has 1 aromatic carbocycles. The van der Waals surface area contributed by atoms with Gasteiger partial charge in [0.1, 0.15) is 38.1 Å². The molecule has 3 N–H and O–H groups in total. The summed E-state index contributed by atoms with van der Waals surface area (Å²) in [7, 11) is 0. The molecule has 1 amide bonds. The molecule has 1 aliphatic heterocycles. The van der Waals surface area contributed by atoms with E-state index in [1.807, 2.05) is 4.90 Å². The molecule has 0 spiro atoms. The van der Waals surface area contributed by atoms with E-state index in [0.29, 0.717) is 32.0 Å². The smallest absolute Gasteiger partial charge is 0.321 e. The zero-order valence-electron chi connectivity index (χ0n) is 15.3. The van der Waals surface area contributed by atoms with Crippen LogP contribution >= 0.6 is 0 Å². The van der Waals surface area contributed by atoms with Crippen molar-refractivity contribution in [1.29, 1.82) is 0 Å². The molecule has 0 aliphatic carbocycles. The van der Waals surface area contributed by atoms with Crippen molar-refractivity contribution < 1.29 is 32.8 Å². The van der Waals surface area contributed by atoms with Crippen molar-refractivity contribution in [3.8, 4) is 0 Å². The van der Waals surface area contributed by atoms with Gasteiger partial charge in [-0.05, 0) is 12.1 Å². The summed E-state index contributed by atoms with van der Waals surface area (Å²) in [5.41, 5.74) is -0.754. The Morgan fingerprint density at radius 1 is 1.21 bits per heavy atom. The molecule has 0 saturated carbocycles. The standard InChI is InChI=1S/C18H18F3N5O3/c19-18(20,21)13-5-6-16(22-11-13)25-9-7-24(8-10-25)12-17(27)23-14-3-1-2-4-15(14)26(28)29/h1-6,11H,7-10,12H2,(H,23,27)/p+2. The number of nitro groups is 1. The third-order valence-corrected chi connectivity index (χ3v) is 4.72. The first kappa shape index (κ1) is 20.5. The number of carbonyl (C=O) groups excluding carboxylic acids is 1. The van der Waals surface area contributed by atoms with E-state index in [4.69, 9.17) is 0 Å². The number of piperazine rings is 1. The third kappa shape index (κ3) is 5.19. The molecule has 0 atom stereocenters. The number of hydrogen-bond donors (Lipinski definition) is 2. The molecule has 154 valence electrons. The number of rotatable bonds is 5. The molecule has 1 fully saturated rings. The molecular weight excluding hydrogens is 391 g/mol. The predicted octanol–water partition coefficient (Wildman–Crippen LogP) is 0.771. The highest BCUT2D eigenvalue weighted by Crippen LogP contribution is 2.28. The number of H-pyrrole nitrogens is 1. The van der Waals surface area contributed by atoms with E-state index in [1.165, 1.54) is 24.3 Å². The number of nitrogens with one attached hydrogen (secondary N) is 3. The first-order valence-corrected chi connectivity index (χ1v) is 8.95. The molecule has 11 heteroatoms. The zero-order valence-corrected chi connectivity index (χ0v) is 15.3. The van der Waals surface area contributed by atoms with E-state index in [-0.39, 0.29) is 23.8 Å². The molecule has 1 saturated heterocycles. The van der Waals surface area contributed by atoms with Crippen LogP contribution in [0.4, 0.5) is 30.4 Å². The minimum atomic E-state index is -4.39. The fraction of sp³-hybridized carbons (Fsp3) is 0.333. The van der Waals surface area contributed by atoms with E-state index in [0.717, 1.165) is 17.2 Å². The summed E-state index contributed by atoms with van der Waals surface area (Å²) in [5.74, 6) is 0.255. The Hall–Kier alpha value is -3.21. The van der Waals surface area contributed by atoms with Gasteiger partial charge in [0, 0.05) is 12.1 Å². The summed E-state index contributed by atoms with van der Waals surface area (Å²) in [6, 6.07) is 8.36. The number of para-hydroxylation sites is 2. The molecule has 0 radical (unpaired) electrons. The summed E-state index contributed by atoms with van der Waals surface area (Å²) in [4.78, 5) is 28.3. The number of anilines is 2. The Balaban J connectivity index is 1.52. The van der Waals surface area contributed by atoms with E-state index in [1.54, 1.807) is 6.07 Å². The summed E-state index contributed by atoms with van der Waals surface area (Å²) >= 11 is 0. The molecule has 8 nitrogen and oxygen atoms in total. The lowest BCUT2D eigenvalue weighted by Gasteiger charge is -2.27. The topological polar surface area (TPSA) is 94.1 Å². The van der Waals surface area contributed by atoms with Gasteiger partial charge in [0.2, 0.25) is 0 Å². The number of aromatic amines is 1. The fourth-order valence-corrected chi connectivity index (χ4v) is 3.19. The van der Waals surface area contributed by atoms with E-state index in [9.17, 15) is 28.1 Å². The number of amides is 1. The minimum Gasteiger partial charge on any atom is -0.321 e. The van der Waals surface area contributed by atoms with Crippen molar-refractivity contribution in [2.24, 2.45) is 0 Å². The molecule has 29 heavy (non-hydrogen) atoms. The number of halogens is 3. The van der Waals surface area contributed by atoms with Gasteiger partial charge < -0.3 is 10.2 Å². The van der Waals surface area contributed by atoms with Crippen molar-refractivity contribution in [3.63, 3.8) is 0 Å². The molecule has 1 aromatic heterocycles. The predicted molar refractivity (Wildman–Crippen MR) is 97.5 cm³/mol. The van der Waals surface area contributed by atoms with Crippen molar-refractivity contribution in [1.82, 2.24) is 0 Å². The highest BCUT2D eigenvalue weighted by atomic mass is 19.4. The normalized spacial score (nSPS) is 15.2. The number of carbonyl (C=O) groups is 1. The zero-order chi connectivity index (χ0) is 21.0. The van der Waals surface area contributed by atoms with Crippen LogP contribution in [0.5, 0.6) is 0 Å². The Labute approximate surface area is 164 Å². The summed E-state index contributed by atoms with van der Waals surface area (Å²) < 4.78 is 37.9. The minimum absolute atomic E-state index is 0.149. The van der Waals surface area contributed by atoms with Crippen LogP contribution in [-0.4, -0.2) is 43.6 Å². The average Bonchev–Trinajstić information content (AvgIpc) is 2.68. The molecule has 2 heterocycles. The van der Waals surface area contributed by atoms with E-state index in [2.05, 4.69) is 10.3 Å². The average molecular weight is 411 g/mol. The van der Waals surface area contributed by atoms with Crippen molar-refractivity contribution >= 4 is 23.1 Å². The Morgan fingerprint density at radius 3 is 2.48 bits per heavy atom. The van der Waals surface area contributed by atoms with Crippen LogP contribution in [0, 0.1) is 10.1 Å². The van der Waals surface area contributed by atoms with Gasteiger partial charge in [-0.3, -0.25) is 19.8 Å². The van der Waals surface area contributed by atoms with Gasteiger partial charge in [-0.25, -0.2) is 4.98 Å². The van der Waals surface area contributed by atoms with Gasteiger partial charge in [-0.2, -0.15) is 13.2 Å². The molecule has 2 aromatic rings. The Morgan fingerprint density at radius 2 is 1.90 bits per heavy atom. The van der Waals surface area contributed by atoms with Crippen LogP contribution in [0.3, 0.4) is 0 Å². The van der Waals surface area contributed by atoms with Crippen LogP contribution in [0.25, 0.3) is 0 Å². The second-order valence-corrected chi connectivity index (χ2v) is 6.70. The molecule has 3 rings (SSSR count). The maximum atomic E-state index is 12.6. The Bertz CT molecular complexity index is 881. The number of benzene rings is 1. The van der Waals surface area contributed by atoms with Crippen molar-refractivity contribution in [2.45, 2.75) is 6.18 Å². The van der Waals surface area contributed by atoms with Gasteiger partial charge in [0.05, 0.1) is 10.5 Å². The maximum Gasteiger partial charge on any atom is 0.419 e. The number of pyridine rings is 1. The van der Waals surface area contributed by atoms with Crippen LogP contribution in [0.2, 0.25) is 0 Å². The third-order valence-electron chi connectivity index (χ3n) is 4.72. The summed E-state index contributed by atoms with van der Waals surface area (Å²) in [5, 5.41) is 13.6.